The summed E-state index contributed by atoms with van der Waals surface area (Å²) < 4.78 is 15.3. The monoisotopic (exact) mass is 489 g/mol. The Balaban J connectivity index is 1.43. The predicted molar refractivity (Wildman–Crippen MR) is 134 cm³/mol. The molecule has 0 saturated heterocycles. The van der Waals surface area contributed by atoms with E-state index in [4.69, 9.17) is 0 Å². The van der Waals surface area contributed by atoms with Crippen LogP contribution in [-0.4, -0.2) is 51.3 Å². The molecule has 1 heterocycles. The maximum absolute atomic E-state index is 13.4. The van der Waals surface area contributed by atoms with Gasteiger partial charge in [-0.25, -0.2) is 4.39 Å². The molecule has 1 aromatic heterocycles. The van der Waals surface area contributed by atoms with Crippen molar-refractivity contribution in [1.82, 2.24) is 25.0 Å². The molecule has 7 nitrogen and oxygen atoms in total. The van der Waals surface area contributed by atoms with Crippen molar-refractivity contribution in [3.63, 3.8) is 0 Å². The lowest BCUT2D eigenvalue weighted by atomic mass is 10.1. The van der Waals surface area contributed by atoms with Gasteiger partial charge in [0.15, 0.2) is 11.0 Å². The number of carbonyl (C=O) groups excluding carboxylic acids is 2. The second-order valence-electron chi connectivity index (χ2n) is 7.95. The molecule has 0 spiro atoms. The Bertz CT molecular complexity index is 1310. The normalized spacial score (nSPS) is 10.7. The zero-order chi connectivity index (χ0) is 24.8. The van der Waals surface area contributed by atoms with E-state index in [0.29, 0.717) is 23.1 Å². The van der Waals surface area contributed by atoms with E-state index in [0.717, 1.165) is 16.8 Å². The molecule has 3 aromatic carbocycles. The van der Waals surface area contributed by atoms with Crippen LogP contribution in [0.15, 0.2) is 84.0 Å². The highest BCUT2D eigenvalue weighted by atomic mass is 32.2. The predicted octanol–water partition coefficient (Wildman–Crippen LogP) is 4.18. The molecule has 35 heavy (non-hydrogen) atoms. The molecule has 0 saturated carbocycles. The van der Waals surface area contributed by atoms with Crippen LogP contribution in [0.5, 0.6) is 0 Å². The van der Waals surface area contributed by atoms with Crippen molar-refractivity contribution in [2.24, 2.45) is 0 Å². The van der Waals surface area contributed by atoms with Crippen LogP contribution in [0.25, 0.3) is 17.1 Å². The number of nitrogens with one attached hydrogen (secondary N) is 1. The van der Waals surface area contributed by atoms with E-state index in [1.54, 1.807) is 38.4 Å². The Morgan fingerprint density at radius 2 is 1.63 bits per heavy atom. The molecule has 4 aromatic rings. The van der Waals surface area contributed by atoms with Gasteiger partial charge in [0.2, 0.25) is 5.91 Å². The largest absolute Gasteiger partial charge is 0.351 e. The number of carbonyl (C=O) groups is 2. The third kappa shape index (κ3) is 5.93. The Kier molecular flexibility index (Phi) is 7.57. The Morgan fingerprint density at radius 1 is 0.943 bits per heavy atom. The zero-order valence-corrected chi connectivity index (χ0v) is 20.1. The van der Waals surface area contributed by atoms with Gasteiger partial charge in [-0.2, -0.15) is 0 Å². The molecule has 0 unspecified atom stereocenters. The standard InChI is InChI=1S/C26H24FN5O2S/c1-31(2)25(34)20-10-8-18(9-11-20)16-28-23(33)17-35-26-30-29-24(19-12-14-21(27)15-13-19)32(26)22-6-4-3-5-7-22/h3-15H,16-17H2,1-2H3,(H,28,33). The number of nitrogens with zero attached hydrogens (tertiary/aromatic N) is 4. The van der Waals surface area contributed by atoms with Crippen LogP contribution < -0.4 is 5.32 Å². The highest BCUT2D eigenvalue weighted by molar-refractivity contribution is 7.99. The lowest BCUT2D eigenvalue weighted by Crippen LogP contribution is -2.25. The maximum atomic E-state index is 13.4. The van der Waals surface area contributed by atoms with Crippen LogP contribution in [0.4, 0.5) is 4.39 Å². The SMILES string of the molecule is CN(C)C(=O)c1ccc(CNC(=O)CSc2nnc(-c3ccc(F)cc3)n2-c2ccccc2)cc1. The average Bonchev–Trinajstić information content (AvgIpc) is 3.31. The first-order chi connectivity index (χ1) is 16.9. The number of rotatable bonds is 8. The van der Waals surface area contributed by atoms with Gasteiger partial charge in [0, 0.05) is 37.5 Å². The quantitative estimate of drug-likeness (QED) is 0.376. The fourth-order valence-corrected chi connectivity index (χ4v) is 4.15. The summed E-state index contributed by atoms with van der Waals surface area (Å²) in [6.45, 7) is 0.349. The highest BCUT2D eigenvalue weighted by Gasteiger charge is 2.17. The summed E-state index contributed by atoms with van der Waals surface area (Å²) in [6, 6.07) is 22.8. The van der Waals surface area contributed by atoms with E-state index in [1.807, 2.05) is 47.0 Å². The van der Waals surface area contributed by atoms with Crippen LogP contribution >= 0.6 is 11.8 Å². The second kappa shape index (κ2) is 11.0. The van der Waals surface area contributed by atoms with Crippen molar-refractivity contribution in [2.45, 2.75) is 11.7 Å². The molecule has 0 radical (unpaired) electrons. The molecule has 0 bridgehead atoms. The number of thioether (sulfide) groups is 1. The molecule has 0 aliphatic heterocycles. The smallest absolute Gasteiger partial charge is 0.253 e. The molecular weight excluding hydrogens is 465 g/mol. The molecule has 1 N–H and O–H groups in total. The minimum atomic E-state index is -0.329. The van der Waals surface area contributed by atoms with Gasteiger partial charge in [0.1, 0.15) is 5.82 Å². The minimum Gasteiger partial charge on any atom is -0.351 e. The number of aromatic nitrogens is 3. The Morgan fingerprint density at radius 3 is 2.29 bits per heavy atom. The van der Waals surface area contributed by atoms with E-state index in [2.05, 4.69) is 15.5 Å². The number of benzene rings is 3. The van der Waals surface area contributed by atoms with Gasteiger partial charge in [-0.15, -0.1) is 10.2 Å². The molecule has 2 amide bonds. The van der Waals surface area contributed by atoms with E-state index < -0.39 is 0 Å². The van der Waals surface area contributed by atoms with Crippen LogP contribution in [0.2, 0.25) is 0 Å². The number of halogens is 1. The van der Waals surface area contributed by atoms with Crippen molar-refractivity contribution in [3.8, 4) is 17.1 Å². The van der Waals surface area contributed by atoms with Crippen molar-refractivity contribution in [1.29, 1.82) is 0 Å². The Hall–Kier alpha value is -3.98. The summed E-state index contributed by atoms with van der Waals surface area (Å²) in [5.74, 6) is 0.149. The molecule has 0 atom stereocenters. The lowest BCUT2D eigenvalue weighted by Gasteiger charge is -2.11. The first-order valence-corrected chi connectivity index (χ1v) is 11.9. The molecule has 178 valence electrons. The van der Waals surface area contributed by atoms with E-state index >= 15 is 0 Å². The summed E-state index contributed by atoms with van der Waals surface area (Å²) >= 11 is 1.27. The molecule has 0 aliphatic rings. The third-order valence-electron chi connectivity index (χ3n) is 5.18. The van der Waals surface area contributed by atoms with Gasteiger partial charge >= 0.3 is 0 Å². The fraction of sp³-hybridized carbons (Fsp3) is 0.154. The fourth-order valence-electron chi connectivity index (χ4n) is 3.36. The lowest BCUT2D eigenvalue weighted by molar-refractivity contribution is -0.118. The summed E-state index contributed by atoms with van der Waals surface area (Å²) in [7, 11) is 3.41. The summed E-state index contributed by atoms with van der Waals surface area (Å²) in [5.41, 5.74) is 3.05. The van der Waals surface area contributed by atoms with Gasteiger partial charge in [-0.3, -0.25) is 14.2 Å². The average molecular weight is 490 g/mol. The van der Waals surface area contributed by atoms with Crippen molar-refractivity contribution < 1.29 is 14.0 Å². The summed E-state index contributed by atoms with van der Waals surface area (Å²) in [6.07, 6.45) is 0. The topological polar surface area (TPSA) is 80.1 Å². The van der Waals surface area contributed by atoms with Crippen LogP contribution in [0, 0.1) is 5.82 Å². The first-order valence-electron chi connectivity index (χ1n) is 10.9. The minimum absolute atomic E-state index is 0.0699. The summed E-state index contributed by atoms with van der Waals surface area (Å²) in [5, 5.41) is 12.0. The number of hydrogen-bond donors (Lipinski definition) is 1. The number of amides is 2. The summed E-state index contributed by atoms with van der Waals surface area (Å²) in [4.78, 5) is 26.0. The van der Waals surface area contributed by atoms with E-state index in [-0.39, 0.29) is 23.4 Å². The third-order valence-corrected chi connectivity index (χ3v) is 6.11. The zero-order valence-electron chi connectivity index (χ0n) is 19.3. The van der Waals surface area contributed by atoms with Crippen molar-refractivity contribution in [3.05, 3.63) is 95.8 Å². The number of hydrogen-bond acceptors (Lipinski definition) is 5. The van der Waals surface area contributed by atoms with Crippen molar-refractivity contribution >= 4 is 23.6 Å². The molecular formula is C26H24FN5O2S. The van der Waals surface area contributed by atoms with Crippen LogP contribution in [-0.2, 0) is 11.3 Å². The van der Waals surface area contributed by atoms with Gasteiger partial charge in [0.25, 0.3) is 5.91 Å². The van der Waals surface area contributed by atoms with E-state index in [9.17, 15) is 14.0 Å². The maximum Gasteiger partial charge on any atom is 0.253 e. The van der Waals surface area contributed by atoms with Crippen molar-refractivity contribution in [2.75, 3.05) is 19.8 Å². The second-order valence-corrected chi connectivity index (χ2v) is 8.89. The highest BCUT2D eigenvalue weighted by Crippen LogP contribution is 2.28. The van der Waals surface area contributed by atoms with Gasteiger partial charge < -0.3 is 10.2 Å². The first kappa shape index (κ1) is 24.2. The molecule has 9 heteroatoms. The van der Waals surface area contributed by atoms with Crippen LogP contribution in [0.3, 0.4) is 0 Å². The molecule has 0 aliphatic carbocycles. The van der Waals surface area contributed by atoms with Gasteiger partial charge in [-0.05, 0) is 54.1 Å². The van der Waals surface area contributed by atoms with Gasteiger partial charge in [-0.1, -0.05) is 42.1 Å². The van der Waals surface area contributed by atoms with E-state index in [1.165, 1.54) is 28.8 Å². The Labute approximate surface area is 207 Å². The van der Waals surface area contributed by atoms with Gasteiger partial charge in [0.05, 0.1) is 5.75 Å². The number of para-hydroxylation sites is 1. The molecule has 4 rings (SSSR count). The molecule has 0 fully saturated rings. The van der Waals surface area contributed by atoms with Crippen LogP contribution in [0.1, 0.15) is 15.9 Å².